The second kappa shape index (κ2) is 8.20. The van der Waals surface area contributed by atoms with E-state index in [4.69, 9.17) is 4.74 Å². The van der Waals surface area contributed by atoms with Gasteiger partial charge in [-0.3, -0.25) is 19.7 Å². The highest BCUT2D eigenvalue weighted by atomic mass is 16.5. The summed E-state index contributed by atoms with van der Waals surface area (Å²) in [6.45, 7) is 4.03. The summed E-state index contributed by atoms with van der Waals surface area (Å²) in [6.07, 6.45) is 1.86. The number of hydrogen-bond acceptors (Lipinski definition) is 5. The normalized spacial score (nSPS) is 10.9. The minimum atomic E-state index is -0.228. The number of aromatic amines is 1. The molecule has 3 aromatic heterocycles. The van der Waals surface area contributed by atoms with Gasteiger partial charge in [-0.05, 0) is 38.1 Å². The van der Waals surface area contributed by atoms with Gasteiger partial charge < -0.3 is 10.1 Å². The summed E-state index contributed by atoms with van der Waals surface area (Å²) in [5.74, 6) is 0.456. The lowest BCUT2D eigenvalue weighted by Crippen LogP contribution is -2.18. The number of aromatic nitrogens is 4. The Kier molecular flexibility index (Phi) is 5.30. The molecule has 8 heteroatoms. The fraction of sp³-hybridized carbons (Fsp3) is 0.182. The zero-order valence-corrected chi connectivity index (χ0v) is 16.7. The SMILES string of the molecule is Cc1nc2cc(=O)[nH]n2c(C)c1CC(=O)Nc1cccc(OCc2ccccn2)c1. The monoisotopic (exact) mass is 403 g/mol. The first kappa shape index (κ1) is 19.4. The van der Waals surface area contributed by atoms with Gasteiger partial charge in [-0.15, -0.1) is 0 Å². The number of amides is 1. The van der Waals surface area contributed by atoms with Crippen LogP contribution in [0.4, 0.5) is 5.69 Å². The van der Waals surface area contributed by atoms with Crippen LogP contribution in [0, 0.1) is 13.8 Å². The number of nitrogens with zero attached hydrogens (tertiary/aromatic N) is 3. The van der Waals surface area contributed by atoms with Crippen molar-refractivity contribution in [2.75, 3.05) is 5.32 Å². The van der Waals surface area contributed by atoms with Gasteiger partial charge in [0.2, 0.25) is 5.91 Å². The first-order valence-corrected chi connectivity index (χ1v) is 9.50. The van der Waals surface area contributed by atoms with E-state index in [9.17, 15) is 9.59 Å². The van der Waals surface area contributed by atoms with Crippen LogP contribution in [0.15, 0.2) is 59.5 Å². The van der Waals surface area contributed by atoms with E-state index >= 15 is 0 Å². The summed E-state index contributed by atoms with van der Waals surface area (Å²) >= 11 is 0. The Balaban J connectivity index is 1.45. The number of hydrogen-bond donors (Lipinski definition) is 2. The summed E-state index contributed by atoms with van der Waals surface area (Å²) < 4.78 is 7.36. The van der Waals surface area contributed by atoms with Gasteiger partial charge in [0.1, 0.15) is 12.4 Å². The van der Waals surface area contributed by atoms with Crippen molar-refractivity contribution in [3.63, 3.8) is 0 Å². The molecule has 4 aromatic rings. The summed E-state index contributed by atoms with van der Waals surface area (Å²) in [7, 11) is 0. The maximum Gasteiger partial charge on any atom is 0.266 e. The van der Waals surface area contributed by atoms with E-state index in [0.29, 0.717) is 29.4 Å². The third-order valence-corrected chi connectivity index (χ3v) is 4.77. The Morgan fingerprint density at radius 1 is 1.17 bits per heavy atom. The lowest BCUT2D eigenvalue weighted by Gasteiger charge is -2.12. The summed E-state index contributed by atoms with van der Waals surface area (Å²) in [6, 6.07) is 14.3. The van der Waals surface area contributed by atoms with Crippen LogP contribution in [0.5, 0.6) is 5.75 Å². The van der Waals surface area contributed by atoms with Crippen LogP contribution >= 0.6 is 0 Å². The number of ether oxygens (including phenoxy) is 1. The van der Waals surface area contributed by atoms with Gasteiger partial charge >= 0.3 is 0 Å². The fourth-order valence-corrected chi connectivity index (χ4v) is 3.28. The molecule has 3 heterocycles. The highest BCUT2D eigenvalue weighted by Gasteiger charge is 2.14. The van der Waals surface area contributed by atoms with Crippen LogP contribution < -0.4 is 15.6 Å². The van der Waals surface area contributed by atoms with Crippen molar-refractivity contribution in [1.29, 1.82) is 0 Å². The van der Waals surface area contributed by atoms with Gasteiger partial charge in [0.15, 0.2) is 5.65 Å². The van der Waals surface area contributed by atoms with Crippen molar-refractivity contribution in [3.8, 4) is 5.75 Å². The number of rotatable bonds is 6. The number of nitrogens with one attached hydrogen (secondary N) is 2. The number of fused-ring (bicyclic) bond motifs is 1. The number of carbonyl (C=O) groups is 1. The van der Waals surface area contributed by atoms with Gasteiger partial charge in [-0.2, -0.15) is 0 Å². The molecular formula is C22H21N5O3. The Hall–Kier alpha value is -3.94. The van der Waals surface area contributed by atoms with Crippen molar-refractivity contribution in [2.45, 2.75) is 26.9 Å². The van der Waals surface area contributed by atoms with E-state index in [0.717, 1.165) is 17.0 Å². The number of anilines is 1. The zero-order chi connectivity index (χ0) is 21.1. The molecule has 4 rings (SSSR count). The smallest absolute Gasteiger partial charge is 0.266 e. The Morgan fingerprint density at radius 3 is 2.83 bits per heavy atom. The summed E-state index contributed by atoms with van der Waals surface area (Å²) in [4.78, 5) is 32.9. The second-order valence-corrected chi connectivity index (χ2v) is 6.94. The molecular weight excluding hydrogens is 382 g/mol. The summed E-state index contributed by atoms with van der Waals surface area (Å²) in [5, 5.41) is 5.59. The van der Waals surface area contributed by atoms with E-state index in [1.165, 1.54) is 6.07 Å². The molecule has 2 N–H and O–H groups in total. The molecule has 0 spiro atoms. The van der Waals surface area contributed by atoms with Crippen LogP contribution in [0.3, 0.4) is 0 Å². The average Bonchev–Trinajstić information content (AvgIpc) is 3.11. The van der Waals surface area contributed by atoms with E-state index < -0.39 is 0 Å². The van der Waals surface area contributed by atoms with Gasteiger partial charge in [0.05, 0.1) is 12.1 Å². The highest BCUT2D eigenvalue weighted by Crippen LogP contribution is 2.20. The Labute approximate surface area is 172 Å². The maximum absolute atomic E-state index is 12.6. The Morgan fingerprint density at radius 2 is 2.03 bits per heavy atom. The van der Waals surface area contributed by atoms with Crippen molar-refractivity contribution in [1.82, 2.24) is 19.6 Å². The van der Waals surface area contributed by atoms with Crippen molar-refractivity contribution >= 4 is 17.2 Å². The quantitative estimate of drug-likeness (QED) is 0.516. The molecule has 152 valence electrons. The highest BCUT2D eigenvalue weighted by molar-refractivity contribution is 5.92. The second-order valence-electron chi connectivity index (χ2n) is 6.94. The molecule has 30 heavy (non-hydrogen) atoms. The van der Waals surface area contributed by atoms with Crippen LogP contribution in [0.1, 0.15) is 22.6 Å². The Bertz CT molecular complexity index is 1260. The molecule has 0 unspecified atom stereocenters. The molecule has 1 amide bonds. The van der Waals surface area contributed by atoms with Crippen molar-refractivity contribution < 1.29 is 9.53 Å². The number of carbonyl (C=O) groups excluding carboxylic acids is 1. The minimum absolute atomic E-state index is 0.139. The van der Waals surface area contributed by atoms with Crippen LogP contribution in [-0.2, 0) is 17.8 Å². The molecule has 0 atom stereocenters. The first-order chi connectivity index (χ1) is 14.5. The van der Waals surface area contributed by atoms with Crippen molar-refractivity contribution in [2.24, 2.45) is 0 Å². The van der Waals surface area contributed by atoms with Crippen LogP contribution in [-0.4, -0.2) is 25.5 Å². The minimum Gasteiger partial charge on any atom is -0.487 e. The molecule has 0 radical (unpaired) electrons. The van der Waals surface area contributed by atoms with E-state index in [1.54, 1.807) is 22.8 Å². The molecule has 0 aliphatic heterocycles. The topological polar surface area (TPSA) is 101 Å². The zero-order valence-electron chi connectivity index (χ0n) is 16.7. The number of H-pyrrole nitrogens is 1. The third-order valence-electron chi connectivity index (χ3n) is 4.77. The van der Waals surface area contributed by atoms with Gasteiger partial charge in [0.25, 0.3) is 5.56 Å². The number of benzene rings is 1. The van der Waals surface area contributed by atoms with Crippen LogP contribution in [0.25, 0.3) is 5.65 Å². The largest absolute Gasteiger partial charge is 0.487 e. The molecule has 8 nitrogen and oxygen atoms in total. The lowest BCUT2D eigenvalue weighted by atomic mass is 10.1. The van der Waals surface area contributed by atoms with E-state index in [1.807, 2.05) is 44.2 Å². The number of pyridine rings is 1. The molecule has 0 saturated carbocycles. The predicted molar refractivity (Wildman–Crippen MR) is 113 cm³/mol. The van der Waals surface area contributed by atoms with E-state index in [-0.39, 0.29) is 17.9 Å². The standard InChI is InChI=1S/C22H21N5O3/c1-14-19(15(2)27-20(24-14)12-22(29)26-27)11-21(28)25-16-7-5-8-18(10-16)30-13-17-6-3-4-9-23-17/h3-10,12H,11,13H2,1-2H3,(H,25,28)(H,26,29). The van der Waals surface area contributed by atoms with Crippen molar-refractivity contribution in [3.05, 3.63) is 87.7 Å². The predicted octanol–water partition coefficient (Wildman–Crippen LogP) is 2.79. The molecule has 0 bridgehead atoms. The molecule has 0 aliphatic rings. The van der Waals surface area contributed by atoms with Gasteiger partial charge in [0, 0.05) is 41.0 Å². The third kappa shape index (κ3) is 4.22. The average molecular weight is 403 g/mol. The van der Waals surface area contributed by atoms with E-state index in [2.05, 4.69) is 20.4 Å². The molecule has 0 aliphatic carbocycles. The summed E-state index contributed by atoms with van der Waals surface area (Å²) in [5.41, 5.74) is 4.04. The molecule has 0 fully saturated rings. The molecule has 1 aromatic carbocycles. The maximum atomic E-state index is 12.6. The van der Waals surface area contributed by atoms with Gasteiger partial charge in [-0.25, -0.2) is 9.50 Å². The van der Waals surface area contributed by atoms with Gasteiger partial charge in [-0.1, -0.05) is 12.1 Å². The van der Waals surface area contributed by atoms with Crippen LogP contribution in [0.2, 0.25) is 0 Å². The number of aryl methyl sites for hydroxylation is 2. The first-order valence-electron chi connectivity index (χ1n) is 9.50. The fourth-order valence-electron chi connectivity index (χ4n) is 3.28. The molecule has 0 saturated heterocycles. The lowest BCUT2D eigenvalue weighted by molar-refractivity contribution is -0.115.